The third-order valence-electron chi connectivity index (χ3n) is 2.81. The van der Waals surface area contributed by atoms with Gasteiger partial charge in [-0.1, -0.05) is 25.8 Å². The highest BCUT2D eigenvalue weighted by molar-refractivity contribution is 9.10. The number of carbonyl (C=O) groups is 1. The van der Waals surface area contributed by atoms with E-state index in [1.165, 1.54) is 0 Å². The monoisotopic (exact) mass is 313 g/mol. The van der Waals surface area contributed by atoms with Crippen LogP contribution in [0, 0.1) is 0 Å². The standard InChI is InChI=1S/C13H20BrN3O/c1-2-3-5-9(8-15)17-11-7-4-6-10(14)12(11)13(16)18/h4,6-7,9,17H,2-3,5,8,15H2,1H3,(H2,16,18). The van der Waals surface area contributed by atoms with Crippen molar-refractivity contribution in [1.82, 2.24) is 0 Å². The summed E-state index contributed by atoms with van der Waals surface area (Å²) >= 11 is 3.34. The van der Waals surface area contributed by atoms with Gasteiger partial charge in [0.1, 0.15) is 0 Å². The molecule has 1 unspecified atom stereocenters. The highest BCUT2D eigenvalue weighted by Gasteiger charge is 2.14. The van der Waals surface area contributed by atoms with Gasteiger partial charge in [0.15, 0.2) is 0 Å². The zero-order valence-corrected chi connectivity index (χ0v) is 12.2. The lowest BCUT2D eigenvalue weighted by atomic mass is 10.1. The van der Waals surface area contributed by atoms with E-state index in [4.69, 9.17) is 11.5 Å². The molecule has 0 fully saturated rings. The molecule has 1 aromatic carbocycles. The maximum atomic E-state index is 11.4. The minimum absolute atomic E-state index is 0.164. The lowest BCUT2D eigenvalue weighted by Gasteiger charge is -2.20. The largest absolute Gasteiger partial charge is 0.380 e. The van der Waals surface area contributed by atoms with Crippen molar-refractivity contribution >= 4 is 27.5 Å². The number of primary amides is 1. The van der Waals surface area contributed by atoms with Crippen LogP contribution in [0.3, 0.4) is 0 Å². The molecule has 0 aliphatic heterocycles. The van der Waals surface area contributed by atoms with Gasteiger partial charge in [-0.2, -0.15) is 0 Å². The van der Waals surface area contributed by atoms with Gasteiger partial charge in [-0.15, -0.1) is 0 Å². The average molecular weight is 314 g/mol. The van der Waals surface area contributed by atoms with Gasteiger partial charge in [-0.3, -0.25) is 4.79 Å². The molecule has 0 heterocycles. The smallest absolute Gasteiger partial charge is 0.251 e. The van der Waals surface area contributed by atoms with Gasteiger partial charge in [0.2, 0.25) is 0 Å². The maximum absolute atomic E-state index is 11.4. The molecule has 5 N–H and O–H groups in total. The van der Waals surface area contributed by atoms with E-state index >= 15 is 0 Å². The number of hydrogen-bond acceptors (Lipinski definition) is 3. The number of nitrogens with two attached hydrogens (primary N) is 2. The number of benzene rings is 1. The van der Waals surface area contributed by atoms with E-state index in [0.29, 0.717) is 16.6 Å². The predicted molar refractivity (Wildman–Crippen MR) is 78.7 cm³/mol. The van der Waals surface area contributed by atoms with Gasteiger partial charge < -0.3 is 16.8 Å². The molecule has 1 aromatic rings. The van der Waals surface area contributed by atoms with Gasteiger partial charge in [-0.25, -0.2) is 0 Å². The van der Waals surface area contributed by atoms with Gasteiger partial charge in [0, 0.05) is 22.7 Å². The molecule has 0 bridgehead atoms. The van der Waals surface area contributed by atoms with Gasteiger partial charge in [0.05, 0.1) is 5.56 Å². The van der Waals surface area contributed by atoms with Crippen LogP contribution in [0.15, 0.2) is 22.7 Å². The molecule has 1 rings (SSSR count). The predicted octanol–water partition coefficient (Wildman–Crippen LogP) is 2.48. The van der Waals surface area contributed by atoms with E-state index in [9.17, 15) is 4.79 Å². The Morgan fingerprint density at radius 3 is 2.78 bits per heavy atom. The Labute approximate surface area is 116 Å². The van der Waals surface area contributed by atoms with Crippen LogP contribution in [-0.2, 0) is 0 Å². The maximum Gasteiger partial charge on any atom is 0.251 e. The van der Waals surface area contributed by atoms with Crippen LogP contribution in [0.4, 0.5) is 5.69 Å². The summed E-state index contributed by atoms with van der Waals surface area (Å²) in [5.74, 6) is -0.448. The Kier molecular flexibility index (Phi) is 6.15. The Morgan fingerprint density at radius 2 is 2.22 bits per heavy atom. The van der Waals surface area contributed by atoms with Crippen LogP contribution in [0.25, 0.3) is 0 Å². The molecule has 5 heteroatoms. The molecule has 0 aromatic heterocycles. The summed E-state index contributed by atoms with van der Waals surface area (Å²) in [6.45, 7) is 2.67. The Bertz CT molecular complexity index is 409. The van der Waals surface area contributed by atoms with Crippen molar-refractivity contribution in [3.05, 3.63) is 28.2 Å². The first-order valence-electron chi connectivity index (χ1n) is 6.15. The summed E-state index contributed by atoms with van der Waals surface area (Å²) in [7, 11) is 0. The molecule has 18 heavy (non-hydrogen) atoms. The number of rotatable bonds is 7. The summed E-state index contributed by atoms with van der Waals surface area (Å²) in [5, 5.41) is 3.30. The average Bonchev–Trinajstić information content (AvgIpc) is 2.33. The fourth-order valence-corrected chi connectivity index (χ4v) is 2.38. The van der Waals surface area contributed by atoms with Gasteiger partial charge >= 0.3 is 0 Å². The van der Waals surface area contributed by atoms with Crippen molar-refractivity contribution in [2.45, 2.75) is 32.2 Å². The highest BCUT2D eigenvalue weighted by Crippen LogP contribution is 2.25. The molecule has 0 radical (unpaired) electrons. The number of anilines is 1. The number of unbranched alkanes of at least 4 members (excludes halogenated alkanes) is 1. The molecule has 0 spiro atoms. The second-order valence-electron chi connectivity index (χ2n) is 4.25. The number of halogens is 1. The number of carbonyl (C=O) groups excluding carboxylic acids is 1. The molecule has 0 saturated heterocycles. The second-order valence-corrected chi connectivity index (χ2v) is 5.10. The zero-order valence-electron chi connectivity index (χ0n) is 10.6. The van der Waals surface area contributed by atoms with E-state index in [2.05, 4.69) is 28.2 Å². The fourth-order valence-electron chi connectivity index (χ4n) is 1.81. The van der Waals surface area contributed by atoms with Crippen molar-refractivity contribution in [1.29, 1.82) is 0 Å². The minimum atomic E-state index is -0.448. The van der Waals surface area contributed by atoms with Crippen LogP contribution in [0.1, 0.15) is 36.5 Å². The molecule has 0 aliphatic rings. The van der Waals surface area contributed by atoms with Crippen molar-refractivity contribution in [2.24, 2.45) is 11.5 Å². The molecular formula is C13H20BrN3O. The third-order valence-corrected chi connectivity index (χ3v) is 3.47. The Balaban J connectivity index is 2.88. The lowest BCUT2D eigenvalue weighted by molar-refractivity contribution is 0.100. The third kappa shape index (κ3) is 3.99. The topological polar surface area (TPSA) is 81.1 Å². The van der Waals surface area contributed by atoms with Crippen molar-refractivity contribution in [3.63, 3.8) is 0 Å². The first-order chi connectivity index (χ1) is 8.60. The minimum Gasteiger partial charge on any atom is -0.380 e. The molecule has 1 amide bonds. The van der Waals surface area contributed by atoms with E-state index in [0.717, 1.165) is 24.9 Å². The van der Waals surface area contributed by atoms with E-state index in [1.54, 1.807) is 6.07 Å². The normalized spacial score (nSPS) is 12.2. The highest BCUT2D eigenvalue weighted by atomic mass is 79.9. The van der Waals surface area contributed by atoms with Crippen molar-refractivity contribution < 1.29 is 4.79 Å². The van der Waals surface area contributed by atoms with Crippen LogP contribution in [-0.4, -0.2) is 18.5 Å². The van der Waals surface area contributed by atoms with E-state index in [-0.39, 0.29) is 6.04 Å². The van der Waals surface area contributed by atoms with Gasteiger partial charge in [0.25, 0.3) is 5.91 Å². The van der Waals surface area contributed by atoms with Crippen molar-refractivity contribution in [2.75, 3.05) is 11.9 Å². The molecule has 100 valence electrons. The molecule has 0 aliphatic carbocycles. The first-order valence-corrected chi connectivity index (χ1v) is 6.94. The van der Waals surface area contributed by atoms with E-state index in [1.807, 2.05) is 12.1 Å². The second kappa shape index (κ2) is 7.38. The number of amides is 1. The number of hydrogen-bond donors (Lipinski definition) is 3. The first kappa shape index (κ1) is 15.0. The van der Waals surface area contributed by atoms with E-state index < -0.39 is 5.91 Å². The van der Waals surface area contributed by atoms with Crippen LogP contribution in [0.2, 0.25) is 0 Å². The van der Waals surface area contributed by atoms with Crippen LogP contribution < -0.4 is 16.8 Å². The molecule has 1 atom stereocenters. The van der Waals surface area contributed by atoms with Crippen LogP contribution in [0.5, 0.6) is 0 Å². The summed E-state index contributed by atoms with van der Waals surface area (Å²) in [6, 6.07) is 5.68. The summed E-state index contributed by atoms with van der Waals surface area (Å²) in [4.78, 5) is 11.4. The van der Waals surface area contributed by atoms with Gasteiger partial charge in [-0.05, 0) is 34.5 Å². The Morgan fingerprint density at radius 1 is 1.50 bits per heavy atom. The fraction of sp³-hybridized carbons (Fsp3) is 0.462. The molecule has 4 nitrogen and oxygen atoms in total. The summed E-state index contributed by atoms with van der Waals surface area (Å²) < 4.78 is 0.700. The summed E-state index contributed by atoms with van der Waals surface area (Å²) in [6.07, 6.45) is 3.21. The quantitative estimate of drug-likeness (QED) is 0.723. The zero-order chi connectivity index (χ0) is 13.5. The molecular weight excluding hydrogens is 294 g/mol. The van der Waals surface area contributed by atoms with Crippen molar-refractivity contribution in [3.8, 4) is 0 Å². The SMILES string of the molecule is CCCCC(CN)Nc1cccc(Br)c1C(N)=O. The summed E-state index contributed by atoms with van der Waals surface area (Å²) in [5.41, 5.74) is 12.3. The Hall–Kier alpha value is -1.07. The number of nitrogens with one attached hydrogen (secondary N) is 1. The lowest BCUT2D eigenvalue weighted by Crippen LogP contribution is -2.30. The molecule has 0 saturated carbocycles. The van der Waals surface area contributed by atoms with Crippen LogP contribution >= 0.6 is 15.9 Å².